The average Bonchev–Trinajstić information content (AvgIpc) is 2.16. The van der Waals surface area contributed by atoms with Crippen molar-refractivity contribution in [1.82, 2.24) is 4.90 Å². The van der Waals surface area contributed by atoms with Gasteiger partial charge >= 0.3 is 6.09 Å². The number of hydrogen-bond acceptors (Lipinski definition) is 2. The largest absolute Gasteiger partial charge is 0.453 e. The Bertz CT molecular complexity index is 165. The monoisotopic (exact) mass is 201 g/mol. The number of methoxy groups -OCH3 is 1. The van der Waals surface area contributed by atoms with Gasteiger partial charge in [0.15, 0.2) is 0 Å². The third-order valence-corrected chi connectivity index (χ3v) is 2.35. The zero-order chi connectivity index (χ0) is 11.1. The van der Waals surface area contributed by atoms with Crippen LogP contribution >= 0.6 is 0 Å². The molecule has 0 bridgehead atoms. The molecule has 0 spiro atoms. The highest BCUT2D eigenvalue weighted by Gasteiger charge is 2.22. The summed E-state index contributed by atoms with van der Waals surface area (Å²) in [4.78, 5) is 13.3. The number of ether oxygens (including phenoxy) is 1. The first-order valence-electron chi connectivity index (χ1n) is 5.41. The van der Waals surface area contributed by atoms with E-state index in [0.29, 0.717) is 12.0 Å². The van der Waals surface area contributed by atoms with E-state index in [1.807, 2.05) is 4.90 Å². The highest BCUT2D eigenvalue weighted by Crippen LogP contribution is 2.12. The van der Waals surface area contributed by atoms with Crippen LogP contribution in [0.4, 0.5) is 4.79 Å². The molecule has 0 aromatic rings. The normalized spacial score (nSPS) is 10.8. The maximum Gasteiger partial charge on any atom is 0.409 e. The summed E-state index contributed by atoms with van der Waals surface area (Å²) in [6.45, 7) is 9.20. The van der Waals surface area contributed by atoms with Crippen LogP contribution in [-0.4, -0.2) is 30.7 Å². The van der Waals surface area contributed by atoms with Crippen LogP contribution in [0.1, 0.15) is 40.5 Å². The van der Waals surface area contributed by atoms with E-state index >= 15 is 0 Å². The molecule has 0 rings (SSSR count). The zero-order valence-corrected chi connectivity index (χ0v) is 10.0. The second kappa shape index (κ2) is 6.68. The van der Waals surface area contributed by atoms with Crippen molar-refractivity contribution in [2.24, 2.45) is 5.92 Å². The van der Waals surface area contributed by atoms with Gasteiger partial charge in [-0.2, -0.15) is 0 Å². The molecule has 1 amide bonds. The summed E-state index contributed by atoms with van der Waals surface area (Å²) < 4.78 is 4.78. The van der Waals surface area contributed by atoms with Gasteiger partial charge in [-0.05, 0) is 18.8 Å². The first-order chi connectivity index (χ1) is 6.56. The second-order valence-electron chi connectivity index (χ2n) is 3.99. The van der Waals surface area contributed by atoms with Crippen molar-refractivity contribution < 1.29 is 9.53 Å². The van der Waals surface area contributed by atoms with Crippen molar-refractivity contribution in [2.45, 2.75) is 46.6 Å². The van der Waals surface area contributed by atoms with Crippen molar-refractivity contribution >= 4 is 6.09 Å². The summed E-state index contributed by atoms with van der Waals surface area (Å²) in [5, 5.41) is 0. The number of nitrogens with zero attached hydrogens (tertiary/aromatic N) is 1. The minimum atomic E-state index is -0.201. The molecule has 0 aromatic carbocycles. The molecule has 14 heavy (non-hydrogen) atoms. The fraction of sp³-hybridized carbons (Fsp3) is 0.909. The quantitative estimate of drug-likeness (QED) is 0.684. The van der Waals surface area contributed by atoms with E-state index in [2.05, 4.69) is 27.7 Å². The molecule has 0 heterocycles. The summed E-state index contributed by atoms with van der Waals surface area (Å²) in [5.41, 5.74) is 0. The molecule has 0 aliphatic carbocycles. The van der Waals surface area contributed by atoms with Gasteiger partial charge in [0, 0.05) is 12.6 Å². The van der Waals surface area contributed by atoms with Crippen molar-refractivity contribution in [3.63, 3.8) is 0 Å². The summed E-state index contributed by atoms with van der Waals surface area (Å²) in [6, 6.07) is 0.310. The summed E-state index contributed by atoms with van der Waals surface area (Å²) >= 11 is 0. The number of carbonyl (C=O) groups is 1. The van der Waals surface area contributed by atoms with Crippen LogP contribution in [0.3, 0.4) is 0 Å². The van der Waals surface area contributed by atoms with Crippen LogP contribution in [-0.2, 0) is 4.74 Å². The average molecular weight is 201 g/mol. The van der Waals surface area contributed by atoms with E-state index in [9.17, 15) is 4.79 Å². The van der Waals surface area contributed by atoms with Gasteiger partial charge in [0.2, 0.25) is 0 Å². The molecule has 84 valence electrons. The van der Waals surface area contributed by atoms with E-state index in [4.69, 9.17) is 4.74 Å². The Labute approximate surface area is 87.4 Å². The number of rotatable bonds is 5. The lowest BCUT2D eigenvalue weighted by atomic mass is 10.1. The first kappa shape index (κ1) is 13.3. The van der Waals surface area contributed by atoms with Crippen LogP contribution in [0.15, 0.2) is 0 Å². The third-order valence-electron chi connectivity index (χ3n) is 2.35. The third kappa shape index (κ3) is 3.99. The van der Waals surface area contributed by atoms with Crippen LogP contribution < -0.4 is 0 Å². The Kier molecular flexibility index (Phi) is 6.34. The maximum atomic E-state index is 11.5. The van der Waals surface area contributed by atoms with Crippen molar-refractivity contribution in [1.29, 1.82) is 0 Å². The molecule has 0 N–H and O–H groups in total. The molecule has 3 nitrogen and oxygen atoms in total. The van der Waals surface area contributed by atoms with Crippen LogP contribution in [0, 0.1) is 5.92 Å². The predicted octanol–water partition coefficient (Wildman–Crippen LogP) is 2.90. The van der Waals surface area contributed by atoms with E-state index in [-0.39, 0.29) is 6.09 Å². The molecule has 0 fully saturated rings. The second-order valence-corrected chi connectivity index (χ2v) is 3.99. The van der Waals surface area contributed by atoms with Crippen molar-refractivity contribution in [3.8, 4) is 0 Å². The molecule has 0 saturated heterocycles. The number of amides is 1. The standard InChI is InChI=1S/C11H23NO2/c1-6-10(7-2)12(8-9(3)4)11(13)14-5/h9-10H,6-8H2,1-5H3. The van der Waals surface area contributed by atoms with Crippen molar-refractivity contribution in [2.75, 3.05) is 13.7 Å². The van der Waals surface area contributed by atoms with Gasteiger partial charge in [0.25, 0.3) is 0 Å². The minimum Gasteiger partial charge on any atom is -0.453 e. The van der Waals surface area contributed by atoms with E-state index in [1.165, 1.54) is 7.11 Å². The smallest absolute Gasteiger partial charge is 0.409 e. The Morgan fingerprint density at radius 2 is 1.79 bits per heavy atom. The zero-order valence-electron chi connectivity index (χ0n) is 10.0. The van der Waals surface area contributed by atoms with Crippen molar-refractivity contribution in [3.05, 3.63) is 0 Å². The highest BCUT2D eigenvalue weighted by molar-refractivity contribution is 5.67. The van der Waals surface area contributed by atoms with Gasteiger partial charge in [-0.15, -0.1) is 0 Å². The first-order valence-corrected chi connectivity index (χ1v) is 5.41. The fourth-order valence-electron chi connectivity index (χ4n) is 1.61. The Morgan fingerprint density at radius 1 is 1.29 bits per heavy atom. The Balaban J connectivity index is 4.43. The lowest BCUT2D eigenvalue weighted by Gasteiger charge is -2.30. The highest BCUT2D eigenvalue weighted by atomic mass is 16.5. The molecule has 0 aromatic heterocycles. The van der Waals surface area contributed by atoms with Crippen LogP contribution in [0.2, 0.25) is 0 Å². The lowest BCUT2D eigenvalue weighted by molar-refractivity contribution is 0.0957. The van der Waals surface area contributed by atoms with Crippen LogP contribution in [0.25, 0.3) is 0 Å². The molecular weight excluding hydrogens is 178 g/mol. The maximum absolute atomic E-state index is 11.5. The topological polar surface area (TPSA) is 29.5 Å². The number of hydrogen-bond donors (Lipinski definition) is 0. The van der Waals surface area contributed by atoms with Gasteiger partial charge in [0.05, 0.1) is 7.11 Å². The lowest BCUT2D eigenvalue weighted by Crippen LogP contribution is -2.41. The minimum absolute atomic E-state index is 0.201. The van der Waals surface area contributed by atoms with Crippen LogP contribution in [0.5, 0.6) is 0 Å². The van der Waals surface area contributed by atoms with E-state index in [0.717, 1.165) is 19.4 Å². The summed E-state index contributed by atoms with van der Waals surface area (Å²) in [5.74, 6) is 0.481. The van der Waals surface area contributed by atoms with E-state index < -0.39 is 0 Å². The Morgan fingerprint density at radius 3 is 2.07 bits per heavy atom. The molecule has 3 heteroatoms. The molecule has 0 radical (unpaired) electrons. The SMILES string of the molecule is CCC(CC)N(CC(C)C)C(=O)OC. The molecule has 0 aliphatic heterocycles. The van der Waals surface area contributed by atoms with Gasteiger partial charge in [-0.1, -0.05) is 27.7 Å². The predicted molar refractivity (Wildman–Crippen MR) is 58.3 cm³/mol. The Hall–Kier alpha value is -0.730. The molecule has 0 atom stereocenters. The molecular formula is C11H23NO2. The molecule has 0 unspecified atom stereocenters. The van der Waals surface area contributed by atoms with Gasteiger partial charge in [0.1, 0.15) is 0 Å². The van der Waals surface area contributed by atoms with Gasteiger partial charge in [-0.3, -0.25) is 0 Å². The molecule has 0 saturated carbocycles. The van der Waals surface area contributed by atoms with Gasteiger partial charge < -0.3 is 9.64 Å². The fourth-order valence-corrected chi connectivity index (χ4v) is 1.61. The molecule has 0 aliphatic rings. The summed E-state index contributed by atoms with van der Waals surface area (Å²) in [6.07, 6.45) is 1.77. The van der Waals surface area contributed by atoms with E-state index in [1.54, 1.807) is 0 Å². The summed E-state index contributed by atoms with van der Waals surface area (Å²) in [7, 11) is 1.44. The number of carbonyl (C=O) groups excluding carboxylic acids is 1. The van der Waals surface area contributed by atoms with Gasteiger partial charge in [-0.25, -0.2) is 4.79 Å².